The fourth-order valence-corrected chi connectivity index (χ4v) is 4.34. The Balaban J connectivity index is 2.36. The number of halogens is 1. The van der Waals surface area contributed by atoms with Gasteiger partial charge in [-0.05, 0) is 60.9 Å². The van der Waals surface area contributed by atoms with Gasteiger partial charge in [-0.1, -0.05) is 13.8 Å². The zero-order valence-corrected chi connectivity index (χ0v) is 18.8. The molecule has 0 atom stereocenters. The number of amides is 1. The Bertz CT molecular complexity index is 960. The lowest BCUT2D eigenvalue weighted by Gasteiger charge is -2.26. The lowest BCUT2D eigenvalue weighted by molar-refractivity contribution is 0.0743. The first-order chi connectivity index (χ1) is 14.2. The monoisotopic (exact) mass is 435 g/mol. The predicted octanol–water partition coefficient (Wildman–Crippen LogP) is 4.10. The van der Waals surface area contributed by atoms with E-state index in [1.165, 1.54) is 24.3 Å². The number of nitrogens with zero attached hydrogens (tertiary/aromatic N) is 2. The molecule has 1 N–H and O–H groups in total. The minimum absolute atomic E-state index is 0.0444. The fraction of sp³-hybridized carbons (Fsp3) is 0.409. The molecule has 2 rings (SSSR count). The number of carbonyl (C=O) groups is 1. The van der Waals surface area contributed by atoms with E-state index in [2.05, 4.69) is 4.72 Å². The van der Waals surface area contributed by atoms with Crippen LogP contribution in [0, 0.1) is 5.82 Å². The van der Waals surface area contributed by atoms with Crippen LogP contribution in [0.1, 0.15) is 42.6 Å². The molecule has 0 unspecified atom stereocenters. The fourth-order valence-electron chi connectivity index (χ4n) is 3.21. The summed E-state index contributed by atoms with van der Waals surface area (Å²) in [5.74, 6) is -0.544. The van der Waals surface area contributed by atoms with E-state index in [9.17, 15) is 17.6 Å². The summed E-state index contributed by atoms with van der Waals surface area (Å²) in [5, 5.41) is 0. The van der Waals surface area contributed by atoms with Crippen LogP contribution >= 0.6 is 0 Å². The summed E-state index contributed by atoms with van der Waals surface area (Å²) in [7, 11) is 0.373. The van der Waals surface area contributed by atoms with Crippen molar-refractivity contribution in [1.82, 2.24) is 4.90 Å². The van der Waals surface area contributed by atoms with Crippen molar-refractivity contribution < 1.29 is 17.6 Å². The van der Waals surface area contributed by atoms with Crippen molar-refractivity contribution in [2.24, 2.45) is 0 Å². The van der Waals surface area contributed by atoms with E-state index in [4.69, 9.17) is 0 Å². The van der Waals surface area contributed by atoms with Crippen LogP contribution in [0.25, 0.3) is 0 Å². The summed E-state index contributed by atoms with van der Waals surface area (Å²) in [5.41, 5.74) is 2.59. The van der Waals surface area contributed by atoms with Crippen LogP contribution in [0.2, 0.25) is 0 Å². The molecule has 0 aliphatic heterocycles. The standard InChI is InChI=1S/C22H30FN3O3S/c1-5-13-26(22(27)17-7-9-19(23)10-8-17)16-18-15-20(11-12-21(18)25(3)4)24-30(28,29)14-6-2/h7-12,15,24H,5-6,13-14,16H2,1-4H3. The Labute approximate surface area is 178 Å². The van der Waals surface area contributed by atoms with Gasteiger partial charge >= 0.3 is 0 Å². The van der Waals surface area contributed by atoms with Crippen LogP contribution < -0.4 is 9.62 Å². The maximum absolute atomic E-state index is 13.2. The topological polar surface area (TPSA) is 69.7 Å². The van der Waals surface area contributed by atoms with Crippen LogP contribution in [0.4, 0.5) is 15.8 Å². The first-order valence-electron chi connectivity index (χ1n) is 10.0. The molecule has 2 aromatic carbocycles. The molecule has 0 radical (unpaired) electrons. The molecule has 0 saturated heterocycles. The van der Waals surface area contributed by atoms with Crippen LogP contribution in [0.15, 0.2) is 42.5 Å². The Morgan fingerprint density at radius 3 is 2.27 bits per heavy atom. The molecule has 0 heterocycles. The molecular weight excluding hydrogens is 405 g/mol. The van der Waals surface area contributed by atoms with E-state index in [1.54, 1.807) is 17.0 Å². The van der Waals surface area contributed by atoms with Gasteiger partial charge < -0.3 is 9.80 Å². The smallest absolute Gasteiger partial charge is 0.254 e. The molecule has 0 aliphatic rings. The molecule has 6 nitrogen and oxygen atoms in total. The Morgan fingerprint density at radius 2 is 1.70 bits per heavy atom. The number of benzene rings is 2. The number of hydrogen-bond donors (Lipinski definition) is 1. The highest BCUT2D eigenvalue weighted by Crippen LogP contribution is 2.26. The van der Waals surface area contributed by atoms with E-state index in [0.717, 1.165) is 17.7 Å². The largest absolute Gasteiger partial charge is 0.377 e. The van der Waals surface area contributed by atoms with E-state index < -0.39 is 15.8 Å². The van der Waals surface area contributed by atoms with Crippen molar-refractivity contribution >= 4 is 27.3 Å². The van der Waals surface area contributed by atoms with Gasteiger partial charge in [-0.2, -0.15) is 0 Å². The molecule has 8 heteroatoms. The van der Waals surface area contributed by atoms with Gasteiger partial charge in [0.25, 0.3) is 5.91 Å². The molecule has 0 aromatic heterocycles. The number of anilines is 2. The van der Waals surface area contributed by atoms with Crippen molar-refractivity contribution in [3.8, 4) is 0 Å². The highest BCUT2D eigenvalue weighted by molar-refractivity contribution is 7.92. The normalized spacial score (nSPS) is 11.2. The van der Waals surface area contributed by atoms with Gasteiger partial charge in [0.05, 0.1) is 5.75 Å². The second-order valence-corrected chi connectivity index (χ2v) is 9.23. The third kappa shape index (κ3) is 6.45. The van der Waals surface area contributed by atoms with E-state index in [-0.39, 0.29) is 11.7 Å². The molecule has 0 spiro atoms. The Hall–Kier alpha value is -2.61. The maximum atomic E-state index is 13.2. The average molecular weight is 436 g/mol. The molecule has 0 aliphatic carbocycles. The Kier molecular flexibility index (Phi) is 8.23. The molecule has 164 valence electrons. The van der Waals surface area contributed by atoms with Crippen molar-refractivity contribution in [3.05, 3.63) is 59.4 Å². The molecule has 1 amide bonds. The highest BCUT2D eigenvalue weighted by atomic mass is 32.2. The molecule has 0 saturated carbocycles. The van der Waals surface area contributed by atoms with Gasteiger partial charge in [-0.15, -0.1) is 0 Å². The van der Waals surface area contributed by atoms with Crippen molar-refractivity contribution in [1.29, 1.82) is 0 Å². The van der Waals surface area contributed by atoms with Crippen LogP contribution in [0.5, 0.6) is 0 Å². The van der Waals surface area contributed by atoms with Gasteiger partial charge in [-0.25, -0.2) is 12.8 Å². The van der Waals surface area contributed by atoms with E-state index >= 15 is 0 Å². The minimum atomic E-state index is -3.42. The second-order valence-electron chi connectivity index (χ2n) is 7.39. The first kappa shape index (κ1) is 23.7. The lowest BCUT2D eigenvalue weighted by atomic mass is 10.1. The lowest BCUT2D eigenvalue weighted by Crippen LogP contribution is -2.32. The Morgan fingerprint density at radius 1 is 1.03 bits per heavy atom. The van der Waals surface area contributed by atoms with E-state index in [0.29, 0.717) is 30.8 Å². The van der Waals surface area contributed by atoms with Gasteiger partial charge in [0.1, 0.15) is 5.82 Å². The summed E-state index contributed by atoms with van der Waals surface area (Å²) in [4.78, 5) is 16.6. The summed E-state index contributed by atoms with van der Waals surface area (Å²) in [6, 6.07) is 10.8. The highest BCUT2D eigenvalue weighted by Gasteiger charge is 2.19. The average Bonchev–Trinajstić information content (AvgIpc) is 2.67. The number of sulfonamides is 1. The number of carbonyl (C=O) groups excluding carboxylic acids is 1. The molecule has 2 aromatic rings. The summed E-state index contributed by atoms with van der Waals surface area (Å²) >= 11 is 0. The van der Waals surface area contributed by atoms with Gasteiger partial charge in [0.2, 0.25) is 10.0 Å². The van der Waals surface area contributed by atoms with Gasteiger partial charge in [0, 0.05) is 44.1 Å². The zero-order valence-electron chi connectivity index (χ0n) is 18.0. The molecular formula is C22H30FN3O3S. The van der Waals surface area contributed by atoms with Crippen LogP contribution in [-0.2, 0) is 16.6 Å². The minimum Gasteiger partial charge on any atom is -0.377 e. The summed E-state index contributed by atoms with van der Waals surface area (Å²) < 4.78 is 40.2. The van der Waals surface area contributed by atoms with Gasteiger partial charge in [-0.3, -0.25) is 9.52 Å². The maximum Gasteiger partial charge on any atom is 0.254 e. The number of hydrogen-bond acceptors (Lipinski definition) is 4. The molecule has 0 bridgehead atoms. The first-order valence-corrected chi connectivity index (χ1v) is 11.7. The summed E-state index contributed by atoms with van der Waals surface area (Å²) in [6.45, 7) is 4.62. The zero-order chi connectivity index (χ0) is 22.3. The predicted molar refractivity (Wildman–Crippen MR) is 120 cm³/mol. The third-order valence-electron chi connectivity index (χ3n) is 4.54. The van der Waals surface area contributed by atoms with Crippen LogP contribution in [0.3, 0.4) is 0 Å². The van der Waals surface area contributed by atoms with Crippen molar-refractivity contribution in [2.45, 2.75) is 33.2 Å². The van der Waals surface area contributed by atoms with Crippen molar-refractivity contribution in [2.75, 3.05) is 36.0 Å². The number of nitrogens with one attached hydrogen (secondary N) is 1. The van der Waals surface area contributed by atoms with Crippen LogP contribution in [-0.4, -0.2) is 45.6 Å². The van der Waals surface area contributed by atoms with E-state index in [1.807, 2.05) is 38.9 Å². The summed E-state index contributed by atoms with van der Waals surface area (Å²) in [6.07, 6.45) is 1.28. The third-order valence-corrected chi connectivity index (χ3v) is 6.03. The van der Waals surface area contributed by atoms with Gasteiger partial charge in [0.15, 0.2) is 0 Å². The quantitative estimate of drug-likeness (QED) is 0.610. The number of rotatable bonds is 10. The molecule has 0 fully saturated rings. The second kappa shape index (κ2) is 10.4. The van der Waals surface area contributed by atoms with Crippen molar-refractivity contribution in [3.63, 3.8) is 0 Å². The molecule has 30 heavy (non-hydrogen) atoms. The SMILES string of the molecule is CCCN(Cc1cc(NS(=O)(=O)CCC)ccc1N(C)C)C(=O)c1ccc(F)cc1.